The molecule has 0 heterocycles. The van der Waals surface area contributed by atoms with Crippen molar-refractivity contribution in [2.75, 3.05) is 0 Å². The maximum atomic E-state index is 10.3. The third-order valence-corrected chi connectivity index (χ3v) is 3.72. The molecule has 0 bridgehead atoms. The fourth-order valence-electron chi connectivity index (χ4n) is 2.53. The van der Waals surface area contributed by atoms with Crippen molar-refractivity contribution in [1.29, 1.82) is 0 Å². The smallest absolute Gasteiger partial charge is 0.0826 e. The summed E-state index contributed by atoms with van der Waals surface area (Å²) in [6, 6.07) is 14.5. The maximum Gasteiger partial charge on any atom is 0.0826 e. The molecule has 0 spiro atoms. The van der Waals surface area contributed by atoms with Gasteiger partial charge in [0.15, 0.2) is 0 Å². The van der Waals surface area contributed by atoms with Gasteiger partial charge in [-0.25, -0.2) is 0 Å². The zero-order valence-electron chi connectivity index (χ0n) is 9.43. The lowest BCUT2D eigenvalue weighted by molar-refractivity contribution is 0.149. The van der Waals surface area contributed by atoms with Crippen LogP contribution in [-0.4, -0.2) is 5.11 Å². The molecule has 16 heavy (non-hydrogen) atoms. The van der Waals surface area contributed by atoms with Crippen molar-refractivity contribution in [2.45, 2.75) is 19.4 Å². The maximum absolute atomic E-state index is 10.3. The fourth-order valence-corrected chi connectivity index (χ4v) is 2.53. The topological polar surface area (TPSA) is 20.2 Å². The first-order valence-corrected chi connectivity index (χ1v) is 5.93. The highest BCUT2D eigenvalue weighted by atomic mass is 16.3. The molecule has 0 saturated heterocycles. The van der Waals surface area contributed by atoms with Crippen LogP contribution in [0.1, 0.15) is 25.0 Å². The summed E-state index contributed by atoms with van der Waals surface area (Å²) in [7, 11) is 0. The highest BCUT2D eigenvalue weighted by molar-refractivity contribution is 5.86. The van der Waals surface area contributed by atoms with Crippen LogP contribution in [0, 0.1) is 11.8 Å². The van der Waals surface area contributed by atoms with Crippen LogP contribution in [0.5, 0.6) is 0 Å². The standard InChI is InChI=1S/C15H16O/c1-10-9-14(10)15(16)13-8-4-6-11-5-2-3-7-12(11)13/h2-8,10,14-16H,9H2,1H3. The van der Waals surface area contributed by atoms with Crippen LogP contribution in [0.15, 0.2) is 42.5 Å². The molecule has 0 aromatic heterocycles. The van der Waals surface area contributed by atoms with Gasteiger partial charge in [0.05, 0.1) is 6.10 Å². The van der Waals surface area contributed by atoms with E-state index in [1.165, 1.54) is 10.8 Å². The largest absolute Gasteiger partial charge is 0.388 e. The van der Waals surface area contributed by atoms with Crippen molar-refractivity contribution in [2.24, 2.45) is 11.8 Å². The Kier molecular flexibility index (Phi) is 2.22. The second kappa shape index (κ2) is 3.60. The third kappa shape index (κ3) is 1.52. The summed E-state index contributed by atoms with van der Waals surface area (Å²) in [5.41, 5.74) is 1.09. The Labute approximate surface area is 95.7 Å². The molecule has 3 rings (SSSR count). The molecular formula is C15H16O. The van der Waals surface area contributed by atoms with Crippen LogP contribution in [-0.2, 0) is 0 Å². The van der Waals surface area contributed by atoms with E-state index in [0.717, 1.165) is 12.0 Å². The molecule has 2 aromatic rings. The van der Waals surface area contributed by atoms with Gasteiger partial charge in [-0.3, -0.25) is 0 Å². The molecule has 3 unspecified atom stereocenters. The number of hydrogen-bond acceptors (Lipinski definition) is 1. The predicted octanol–water partition coefficient (Wildman–Crippen LogP) is 3.53. The normalized spacial score (nSPS) is 25.6. The molecule has 1 saturated carbocycles. The summed E-state index contributed by atoms with van der Waals surface area (Å²) in [5.74, 6) is 1.14. The van der Waals surface area contributed by atoms with Crippen LogP contribution in [0.25, 0.3) is 10.8 Å². The fraction of sp³-hybridized carbons (Fsp3) is 0.333. The van der Waals surface area contributed by atoms with E-state index < -0.39 is 0 Å². The lowest BCUT2D eigenvalue weighted by Crippen LogP contribution is -2.01. The highest BCUT2D eigenvalue weighted by Gasteiger charge is 2.39. The molecule has 0 radical (unpaired) electrons. The minimum Gasteiger partial charge on any atom is -0.388 e. The predicted molar refractivity (Wildman–Crippen MR) is 66.2 cm³/mol. The monoisotopic (exact) mass is 212 g/mol. The lowest BCUT2D eigenvalue weighted by atomic mass is 9.97. The number of fused-ring (bicyclic) bond motifs is 1. The minimum absolute atomic E-state index is 0.291. The van der Waals surface area contributed by atoms with Crippen molar-refractivity contribution in [3.63, 3.8) is 0 Å². The molecule has 1 heteroatoms. The van der Waals surface area contributed by atoms with Gasteiger partial charge in [-0.1, -0.05) is 49.4 Å². The first-order valence-electron chi connectivity index (χ1n) is 5.93. The van der Waals surface area contributed by atoms with E-state index in [1.54, 1.807) is 0 Å². The van der Waals surface area contributed by atoms with Crippen molar-refractivity contribution in [3.05, 3.63) is 48.0 Å². The van der Waals surface area contributed by atoms with Crippen LogP contribution in [0.2, 0.25) is 0 Å². The highest BCUT2D eigenvalue weighted by Crippen LogP contribution is 2.47. The molecule has 0 aliphatic heterocycles. The Bertz CT molecular complexity index is 512. The number of aliphatic hydroxyl groups is 1. The van der Waals surface area contributed by atoms with Crippen LogP contribution < -0.4 is 0 Å². The van der Waals surface area contributed by atoms with Crippen molar-refractivity contribution in [3.8, 4) is 0 Å². The molecule has 1 aliphatic carbocycles. The summed E-state index contributed by atoms with van der Waals surface area (Å²) < 4.78 is 0. The quantitative estimate of drug-likeness (QED) is 0.807. The van der Waals surface area contributed by atoms with E-state index >= 15 is 0 Å². The van der Waals surface area contributed by atoms with Crippen molar-refractivity contribution >= 4 is 10.8 Å². The van der Waals surface area contributed by atoms with E-state index in [4.69, 9.17) is 0 Å². The molecule has 1 fully saturated rings. The number of aliphatic hydroxyl groups excluding tert-OH is 1. The molecular weight excluding hydrogens is 196 g/mol. The van der Waals surface area contributed by atoms with Crippen LogP contribution in [0.3, 0.4) is 0 Å². The van der Waals surface area contributed by atoms with E-state index in [1.807, 2.05) is 18.2 Å². The van der Waals surface area contributed by atoms with Gasteiger partial charge >= 0.3 is 0 Å². The molecule has 82 valence electrons. The first-order chi connectivity index (χ1) is 7.77. The summed E-state index contributed by atoms with van der Waals surface area (Å²) in [5, 5.41) is 12.7. The Balaban J connectivity index is 2.09. The number of rotatable bonds is 2. The Hall–Kier alpha value is -1.34. The van der Waals surface area contributed by atoms with Gasteiger partial charge in [-0.2, -0.15) is 0 Å². The average Bonchev–Trinajstić information content (AvgIpc) is 3.05. The van der Waals surface area contributed by atoms with E-state index in [-0.39, 0.29) is 6.10 Å². The third-order valence-electron chi connectivity index (χ3n) is 3.72. The van der Waals surface area contributed by atoms with Crippen molar-refractivity contribution in [1.82, 2.24) is 0 Å². The van der Waals surface area contributed by atoms with E-state index in [0.29, 0.717) is 11.8 Å². The second-order valence-corrected chi connectivity index (χ2v) is 4.89. The Morgan fingerprint density at radius 1 is 1.12 bits per heavy atom. The van der Waals surface area contributed by atoms with Gasteiger partial charge in [0.1, 0.15) is 0 Å². The van der Waals surface area contributed by atoms with Gasteiger partial charge < -0.3 is 5.11 Å². The first kappa shape index (κ1) is 9.86. The zero-order chi connectivity index (χ0) is 11.1. The molecule has 1 aliphatic rings. The van der Waals surface area contributed by atoms with E-state index in [2.05, 4.69) is 31.2 Å². The SMILES string of the molecule is CC1CC1C(O)c1cccc2ccccc12. The minimum atomic E-state index is -0.291. The van der Waals surface area contributed by atoms with Gasteiger partial charge in [0, 0.05) is 0 Å². The van der Waals surface area contributed by atoms with Gasteiger partial charge in [0.25, 0.3) is 0 Å². The molecule has 2 aromatic carbocycles. The van der Waals surface area contributed by atoms with Crippen LogP contribution in [0.4, 0.5) is 0 Å². The second-order valence-electron chi connectivity index (χ2n) is 4.89. The Morgan fingerprint density at radius 2 is 1.81 bits per heavy atom. The summed E-state index contributed by atoms with van der Waals surface area (Å²) in [6.07, 6.45) is 0.866. The number of benzene rings is 2. The van der Waals surface area contributed by atoms with E-state index in [9.17, 15) is 5.11 Å². The lowest BCUT2D eigenvalue weighted by Gasteiger charge is -2.13. The molecule has 0 amide bonds. The summed E-state index contributed by atoms with van der Waals surface area (Å²) in [6.45, 7) is 2.21. The van der Waals surface area contributed by atoms with Gasteiger partial charge in [0.2, 0.25) is 0 Å². The zero-order valence-corrected chi connectivity index (χ0v) is 9.43. The van der Waals surface area contributed by atoms with Gasteiger partial charge in [-0.15, -0.1) is 0 Å². The summed E-state index contributed by atoms with van der Waals surface area (Å²) >= 11 is 0. The molecule has 1 N–H and O–H groups in total. The number of hydrogen-bond donors (Lipinski definition) is 1. The Morgan fingerprint density at radius 3 is 2.56 bits per heavy atom. The van der Waals surface area contributed by atoms with Gasteiger partial charge in [-0.05, 0) is 34.6 Å². The summed E-state index contributed by atoms with van der Waals surface area (Å²) in [4.78, 5) is 0. The average molecular weight is 212 g/mol. The molecule has 1 nitrogen and oxygen atoms in total. The van der Waals surface area contributed by atoms with Crippen LogP contribution >= 0.6 is 0 Å². The molecule has 3 atom stereocenters. The van der Waals surface area contributed by atoms with Crippen molar-refractivity contribution < 1.29 is 5.11 Å².